The summed E-state index contributed by atoms with van der Waals surface area (Å²) in [6.07, 6.45) is 1.33. The smallest absolute Gasteiger partial charge is 0.335 e. The van der Waals surface area contributed by atoms with Crippen LogP contribution in [0.2, 0.25) is 10.0 Å². The van der Waals surface area contributed by atoms with Crippen molar-refractivity contribution in [3.05, 3.63) is 91.4 Å². The molecular formula is C29H25BrCl2N2O5. The van der Waals surface area contributed by atoms with Crippen LogP contribution in [0.4, 0.5) is 10.5 Å². The van der Waals surface area contributed by atoms with Crippen molar-refractivity contribution in [2.45, 2.75) is 26.7 Å². The quantitative estimate of drug-likeness (QED) is 0.160. The summed E-state index contributed by atoms with van der Waals surface area (Å²) in [5, 5.41) is 2.57. The number of hydrogen-bond acceptors (Lipinski definition) is 5. The number of halogens is 3. The van der Waals surface area contributed by atoms with Crippen molar-refractivity contribution >= 4 is 68.7 Å². The average molecular weight is 632 g/mol. The summed E-state index contributed by atoms with van der Waals surface area (Å²) in [6, 6.07) is 14.8. The largest absolute Gasteiger partial charge is 0.490 e. The Morgan fingerprint density at radius 2 is 1.59 bits per heavy atom. The molecule has 0 bridgehead atoms. The molecule has 0 aromatic heterocycles. The van der Waals surface area contributed by atoms with Crippen molar-refractivity contribution in [1.29, 1.82) is 0 Å². The van der Waals surface area contributed by atoms with Crippen LogP contribution in [-0.4, -0.2) is 31.1 Å². The zero-order valence-corrected chi connectivity index (χ0v) is 24.5. The molecule has 7 nitrogen and oxygen atoms in total. The first kappa shape index (κ1) is 28.7. The van der Waals surface area contributed by atoms with Gasteiger partial charge in [-0.15, -0.1) is 0 Å². The number of hydrogen-bond donors (Lipinski definition) is 1. The Morgan fingerprint density at radius 3 is 2.23 bits per heavy atom. The number of rotatable bonds is 8. The number of urea groups is 1. The first-order valence-corrected chi connectivity index (χ1v) is 13.6. The molecule has 0 saturated carbocycles. The molecule has 0 radical (unpaired) electrons. The monoisotopic (exact) mass is 630 g/mol. The molecule has 4 amide bonds. The molecule has 1 fully saturated rings. The molecule has 202 valence electrons. The molecule has 3 aromatic rings. The normalized spacial score (nSPS) is 14.7. The number of amides is 4. The lowest BCUT2D eigenvalue weighted by Gasteiger charge is -2.26. The molecule has 1 saturated heterocycles. The van der Waals surface area contributed by atoms with Gasteiger partial charge in [0.05, 0.1) is 15.7 Å². The molecule has 1 aliphatic rings. The van der Waals surface area contributed by atoms with Gasteiger partial charge >= 0.3 is 6.03 Å². The summed E-state index contributed by atoms with van der Waals surface area (Å²) in [4.78, 5) is 38.9. The molecule has 0 aliphatic carbocycles. The van der Waals surface area contributed by atoms with Crippen molar-refractivity contribution in [3.8, 4) is 11.5 Å². The van der Waals surface area contributed by atoms with Crippen molar-refractivity contribution in [2.24, 2.45) is 0 Å². The number of anilines is 1. The molecule has 1 heterocycles. The summed E-state index contributed by atoms with van der Waals surface area (Å²) in [7, 11) is 0. The number of carbonyl (C=O) groups is 3. The second-order valence-electron chi connectivity index (χ2n) is 9.14. The van der Waals surface area contributed by atoms with E-state index in [0.717, 1.165) is 26.2 Å². The van der Waals surface area contributed by atoms with Gasteiger partial charge in [0.15, 0.2) is 5.75 Å². The van der Waals surface area contributed by atoms with Gasteiger partial charge in [-0.1, -0.05) is 65.1 Å². The SMILES string of the molecule is Cc1ccc(C(C)C)c(OCCOc2c(Cl)cc(C=C3C(=O)NC(=O)N(c4ccc(Br)cc4)C3=O)cc2Cl)c1. The Bertz CT molecular complexity index is 1450. The van der Waals surface area contributed by atoms with Gasteiger partial charge in [0, 0.05) is 4.47 Å². The van der Waals surface area contributed by atoms with Gasteiger partial charge in [-0.3, -0.25) is 14.9 Å². The minimum Gasteiger partial charge on any atom is -0.490 e. The highest BCUT2D eigenvalue weighted by molar-refractivity contribution is 9.10. The maximum absolute atomic E-state index is 13.1. The van der Waals surface area contributed by atoms with Crippen LogP contribution in [0.25, 0.3) is 6.08 Å². The molecular weight excluding hydrogens is 607 g/mol. The number of aryl methyl sites for hydroxylation is 1. The second-order valence-corrected chi connectivity index (χ2v) is 10.9. The standard InChI is InChI=1S/C29H25BrCl2N2O5/c1-16(2)21-9-4-17(3)12-25(21)38-10-11-39-26-23(31)14-18(15-24(26)32)13-22-27(35)33-29(37)34(28(22)36)20-7-5-19(30)6-8-20/h4-9,12-16H,10-11H2,1-3H3,(H,33,35,37). The minimum absolute atomic E-state index is 0.191. The zero-order valence-electron chi connectivity index (χ0n) is 21.4. The van der Waals surface area contributed by atoms with Crippen LogP contribution >= 0.6 is 39.1 Å². The number of nitrogens with zero attached hydrogens (tertiary/aromatic N) is 1. The molecule has 1 aliphatic heterocycles. The topological polar surface area (TPSA) is 84.9 Å². The molecule has 3 aromatic carbocycles. The molecule has 0 unspecified atom stereocenters. The van der Waals surface area contributed by atoms with E-state index in [4.69, 9.17) is 32.7 Å². The third-order valence-corrected chi connectivity index (χ3v) is 6.99. The van der Waals surface area contributed by atoms with Crippen LogP contribution < -0.4 is 19.7 Å². The highest BCUT2D eigenvalue weighted by Gasteiger charge is 2.36. The molecule has 0 atom stereocenters. The zero-order chi connectivity index (χ0) is 28.3. The Morgan fingerprint density at radius 1 is 0.949 bits per heavy atom. The van der Waals surface area contributed by atoms with Gasteiger partial charge in [0.2, 0.25) is 0 Å². The third-order valence-electron chi connectivity index (χ3n) is 5.90. The van der Waals surface area contributed by atoms with E-state index in [-0.39, 0.29) is 34.6 Å². The lowest BCUT2D eigenvalue weighted by Crippen LogP contribution is -2.54. The number of imide groups is 2. The van der Waals surface area contributed by atoms with Crippen LogP contribution in [-0.2, 0) is 9.59 Å². The Hall–Kier alpha value is -3.33. The van der Waals surface area contributed by atoms with E-state index in [2.05, 4.69) is 47.2 Å². The van der Waals surface area contributed by atoms with E-state index in [1.807, 2.05) is 13.0 Å². The Kier molecular flexibility index (Phi) is 9.00. The predicted molar refractivity (Wildman–Crippen MR) is 156 cm³/mol. The van der Waals surface area contributed by atoms with Crippen molar-refractivity contribution in [1.82, 2.24) is 5.32 Å². The number of nitrogens with one attached hydrogen (secondary N) is 1. The number of barbiturate groups is 1. The third kappa shape index (κ3) is 6.64. The molecule has 4 rings (SSSR count). The fraction of sp³-hybridized carbons (Fsp3) is 0.207. The van der Waals surface area contributed by atoms with Gasteiger partial charge in [-0.05, 0) is 78.1 Å². The lowest BCUT2D eigenvalue weighted by atomic mass is 10.0. The van der Waals surface area contributed by atoms with E-state index in [0.29, 0.717) is 17.2 Å². The summed E-state index contributed by atoms with van der Waals surface area (Å²) in [6.45, 7) is 6.67. The van der Waals surface area contributed by atoms with Gasteiger partial charge in [-0.2, -0.15) is 0 Å². The second kappa shape index (κ2) is 12.2. The number of ether oxygens (including phenoxy) is 2. The summed E-state index contributed by atoms with van der Waals surface area (Å²) in [5.74, 6) is -0.222. The number of benzene rings is 3. The van der Waals surface area contributed by atoms with E-state index in [9.17, 15) is 14.4 Å². The van der Waals surface area contributed by atoms with E-state index in [1.54, 1.807) is 24.3 Å². The first-order valence-electron chi connectivity index (χ1n) is 12.1. The summed E-state index contributed by atoms with van der Waals surface area (Å²) < 4.78 is 12.5. The van der Waals surface area contributed by atoms with Crippen molar-refractivity contribution in [2.75, 3.05) is 18.1 Å². The minimum atomic E-state index is -0.835. The molecule has 0 spiro atoms. The van der Waals surface area contributed by atoms with Crippen LogP contribution in [0, 0.1) is 6.92 Å². The van der Waals surface area contributed by atoms with Crippen LogP contribution in [0.1, 0.15) is 36.5 Å². The van der Waals surface area contributed by atoms with E-state index < -0.39 is 17.8 Å². The summed E-state index contributed by atoms with van der Waals surface area (Å²) >= 11 is 16.2. The summed E-state index contributed by atoms with van der Waals surface area (Å²) in [5.41, 5.74) is 2.66. The van der Waals surface area contributed by atoms with E-state index in [1.165, 1.54) is 18.2 Å². The van der Waals surface area contributed by atoms with Gasteiger partial charge in [0.25, 0.3) is 11.8 Å². The maximum Gasteiger partial charge on any atom is 0.335 e. The van der Waals surface area contributed by atoms with Gasteiger partial charge < -0.3 is 9.47 Å². The highest BCUT2D eigenvalue weighted by atomic mass is 79.9. The van der Waals surface area contributed by atoms with Gasteiger partial charge in [-0.25, -0.2) is 9.69 Å². The average Bonchev–Trinajstić information content (AvgIpc) is 2.86. The molecule has 1 N–H and O–H groups in total. The van der Waals surface area contributed by atoms with Crippen molar-refractivity contribution < 1.29 is 23.9 Å². The van der Waals surface area contributed by atoms with Gasteiger partial charge in [0.1, 0.15) is 24.5 Å². The van der Waals surface area contributed by atoms with Crippen molar-refractivity contribution in [3.63, 3.8) is 0 Å². The molecule has 39 heavy (non-hydrogen) atoms. The lowest BCUT2D eigenvalue weighted by molar-refractivity contribution is -0.122. The Labute approximate surface area is 244 Å². The Balaban J connectivity index is 1.48. The fourth-order valence-corrected chi connectivity index (χ4v) is 4.87. The number of carbonyl (C=O) groups excluding carboxylic acids is 3. The highest BCUT2D eigenvalue weighted by Crippen LogP contribution is 2.35. The first-order chi connectivity index (χ1) is 18.5. The van der Waals surface area contributed by atoms with Crippen LogP contribution in [0.5, 0.6) is 11.5 Å². The maximum atomic E-state index is 13.1. The fourth-order valence-electron chi connectivity index (χ4n) is 3.99. The van der Waals surface area contributed by atoms with Crippen LogP contribution in [0.3, 0.4) is 0 Å². The van der Waals surface area contributed by atoms with Crippen LogP contribution in [0.15, 0.2) is 64.6 Å². The predicted octanol–water partition coefficient (Wildman–Crippen LogP) is 7.31. The molecule has 10 heteroatoms. The van der Waals surface area contributed by atoms with E-state index >= 15 is 0 Å².